The van der Waals surface area contributed by atoms with Crippen molar-refractivity contribution in [2.75, 3.05) is 7.05 Å². The Bertz CT molecular complexity index is 790. The van der Waals surface area contributed by atoms with Crippen LogP contribution in [0.3, 0.4) is 0 Å². The van der Waals surface area contributed by atoms with Crippen molar-refractivity contribution in [3.63, 3.8) is 0 Å². The molecule has 2 unspecified atom stereocenters. The van der Waals surface area contributed by atoms with Gasteiger partial charge in [0, 0.05) is 28.4 Å². The van der Waals surface area contributed by atoms with Gasteiger partial charge in [-0.2, -0.15) is 5.10 Å². The summed E-state index contributed by atoms with van der Waals surface area (Å²) in [6, 6.07) is 9.96. The van der Waals surface area contributed by atoms with Crippen molar-refractivity contribution in [1.29, 1.82) is 0 Å². The number of hydrogen-bond donors (Lipinski definition) is 2. The van der Waals surface area contributed by atoms with Crippen LogP contribution in [0, 0.1) is 0 Å². The lowest BCUT2D eigenvalue weighted by Crippen LogP contribution is -2.37. The minimum Gasteiger partial charge on any atom is -0.347 e. The molecule has 0 bridgehead atoms. The van der Waals surface area contributed by atoms with Crippen LogP contribution in [0.2, 0.25) is 0 Å². The fourth-order valence-corrected chi connectivity index (χ4v) is 3.69. The highest BCUT2D eigenvalue weighted by molar-refractivity contribution is 7.19. The highest BCUT2D eigenvalue weighted by atomic mass is 32.1. The van der Waals surface area contributed by atoms with Crippen LogP contribution in [0.1, 0.15) is 29.4 Å². The van der Waals surface area contributed by atoms with Crippen LogP contribution in [0.4, 0.5) is 0 Å². The van der Waals surface area contributed by atoms with Gasteiger partial charge in [0.2, 0.25) is 5.91 Å². The Kier molecular flexibility index (Phi) is 4.45. The quantitative estimate of drug-likeness (QED) is 0.757. The minimum absolute atomic E-state index is 0.0348. The maximum Gasteiger partial charge on any atom is 0.242 e. The van der Waals surface area contributed by atoms with Crippen molar-refractivity contribution in [3.05, 3.63) is 53.2 Å². The molecule has 120 valence electrons. The number of aromatic nitrogens is 2. The first kappa shape index (κ1) is 15.7. The summed E-state index contributed by atoms with van der Waals surface area (Å²) >= 11 is 1.72. The predicted molar refractivity (Wildman–Crippen MR) is 93.4 cm³/mol. The maximum absolute atomic E-state index is 12.6. The van der Waals surface area contributed by atoms with E-state index in [-0.39, 0.29) is 11.9 Å². The van der Waals surface area contributed by atoms with Gasteiger partial charge in [-0.25, -0.2) is 0 Å². The van der Waals surface area contributed by atoms with E-state index in [0.29, 0.717) is 0 Å². The number of thiophene rings is 1. The average molecular weight is 328 g/mol. The van der Waals surface area contributed by atoms with Gasteiger partial charge < -0.3 is 10.6 Å². The molecule has 0 aliphatic carbocycles. The summed E-state index contributed by atoms with van der Waals surface area (Å²) in [5, 5.41) is 11.5. The molecule has 1 aromatic carbocycles. The summed E-state index contributed by atoms with van der Waals surface area (Å²) in [6.07, 6.45) is 3.57. The molecule has 0 radical (unpaired) electrons. The van der Waals surface area contributed by atoms with E-state index in [4.69, 9.17) is 0 Å². The van der Waals surface area contributed by atoms with E-state index in [1.54, 1.807) is 29.3 Å². The van der Waals surface area contributed by atoms with E-state index >= 15 is 0 Å². The number of aryl methyl sites for hydroxylation is 1. The molecule has 0 aliphatic rings. The number of hydrogen-bond acceptors (Lipinski definition) is 4. The monoisotopic (exact) mass is 328 g/mol. The Morgan fingerprint density at radius 3 is 2.78 bits per heavy atom. The Morgan fingerprint density at radius 2 is 2.13 bits per heavy atom. The molecule has 2 heterocycles. The third-order valence-electron chi connectivity index (χ3n) is 3.84. The first-order valence-electron chi connectivity index (χ1n) is 7.53. The number of nitrogens with one attached hydrogen (secondary N) is 2. The minimum atomic E-state index is -0.402. The number of benzene rings is 1. The largest absolute Gasteiger partial charge is 0.347 e. The Labute approximate surface area is 139 Å². The molecule has 0 spiro atoms. The molecule has 2 atom stereocenters. The Balaban J connectivity index is 1.75. The highest BCUT2D eigenvalue weighted by Gasteiger charge is 2.22. The fourth-order valence-electron chi connectivity index (χ4n) is 2.62. The number of amides is 1. The Hall–Kier alpha value is -2.18. The van der Waals surface area contributed by atoms with Gasteiger partial charge >= 0.3 is 0 Å². The molecule has 6 heteroatoms. The van der Waals surface area contributed by atoms with E-state index in [0.717, 1.165) is 10.4 Å². The smallest absolute Gasteiger partial charge is 0.242 e. The molecule has 3 aromatic rings. The summed E-state index contributed by atoms with van der Waals surface area (Å²) in [5.74, 6) is -0.0505. The van der Waals surface area contributed by atoms with Crippen molar-refractivity contribution >= 4 is 27.3 Å². The number of rotatable bonds is 5. The molecular formula is C17H20N4OS. The zero-order valence-corrected chi connectivity index (χ0v) is 14.2. The van der Waals surface area contributed by atoms with Crippen LogP contribution in [0.25, 0.3) is 10.1 Å². The second-order valence-electron chi connectivity index (χ2n) is 5.59. The van der Waals surface area contributed by atoms with E-state index in [1.165, 1.54) is 10.1 Å². The number of nitrogens with zero attached hydrogens (tertiary/aromatic N) is 2. The molecule has 0 saturated heterocycles. The lowest BCUT2D eigenvalue weighted by Gasteiger charge is -2.18. The molecule has 0 fully saturated rings. The summed E-state index contributed by atoms with van der Waals surface area (Å²) in [6.45, 7) is 2.01. The summed E-state index contributed by atoms with van der Waals surface area (Å²) in [7, 11) is 3.62. The van der Waals surface area contributed by atoms with Crippen molar-refractivity contribution < 1.29 is 4.79 Å². The third-order valence-corrected chi connectivity index (χ3v) is 5.14. The third kappa shape index (κ3) is 3.28. The van der Waals surface area contributed by atoms with Gasteiger partial charge in [-0.15, -0.1) is 11.3 Å². The van der Waals surface area contributed by atoms with E-state index in [2.05, 4.69) is 33.9 Å². The van der Waals surface area contributed by atoms with Crippen LogP contribution < -0.4 is 10.6 Å². The predicted octanol–water partition coefficient (Wildman–Crippen LogP) is 2.77. The van der Waals surface area contributed by atoms with Gasteiger partial charge in [-0.05, 0) is 31.5 Å². The van der Waals surface area contributed by atoms with Gasteiger partial charge in [-0.3, -0.25) is 9.48 Å². The molecule has 1 amide bonds. The second-order valence-corrected chi connectivity index (χ2v) is 6.70. The average Bonchev–Trinajstić information content (AvgIpc) is 3.14. The van der Waals surface area contributed by atoms with Crippen molar-refractivity contribution in [2.24, 2.45) is 7.05 Å². The molecule has 0 aliphatic heterocycles. The van der Waals surface area contributed by atoms with E-state index < -0.39 is 6.04 Å². The van der Waals surface area contributed by atoms with E-state index in [9.17, 15) is 4.79 Å². The van der Waals surface area contributed by atoms with Crippen molar-refractivity contribution in [3.8, 4) is 0 Å². The molecule has 2 N–H and O–H groups in total. The first-order valence-corrected chi connectivity index (χ1v) is 8.35. The van der Waals surface area contributed by atoms with Gasteiger partial charge in [-0.1, -0.05) is 18.2 Å². The highest BCUT2D eigenvalue weighted by Crippen LogP contribution is 2.29. The van der Waals surface area contributed by atoms with Gasteiger partial charge in [0.15, 0.2) is 0 Å². The molecular weight excluding hydrogens is 308 g/mol. The van der Waals surface area contributed by atoms with Crippen LogP contribution in [0.5, 0.6) is 0 Å². The maximum atomic E-state index is 12.6. The normalized spacial score (nSPS) is 13.9. The molecule has 3 rings (SSSR count). The second kappa shape index (κ2) is 6.52. The number of carbonyl (C=O) groups excluding carboxylic acids is 1. The first-order chi connectivity index (χ1) is 11.1. The molecule has 2 aromatic heterocycles. The van der Waals surface area contributed by atoms with E-state index in [1.807, 2.05) is 32.3 Å². The SMILES string of the molecule is CNC(C(=O)NC(C)c1cc2ccccc2s1)c1cnn(C)c1. The van der Waals surface area contributed by atoms with Gasteiger partial charge in [0.25, 0.3) is 0 Å². The fraction of sp³-hybridized carbons (Fsp3) is 0.294. The van der Waals surface area contributed by atoms with Gasteiger partial charge in [0.05, 0.1) is 12.2 Å². The Morgan fingerprint density at radius 1 is 1.35 bits per heavy atom. The zero-order chi connectivity index (χ0) is 16.4. The lowest BCUT2D eigenvalue weighted by atomic mass is 10.1. The van der Waals surface area contributed by atoms with Crippen molar-refractivity contribution in [2.45, 2.75) is 19.0 Å². The number of fused-ring (bicyclic) bond motifs is 1. The molecule has 0 saturated carbocycles. The molecule has 23 heavy (non-hydrogen) atoms. The lowest BCUT2D eigenvalue weighted by molar-refractivity contribution is -0.123. The van der Waals surface area contributed by atoms with Crippen LogP contribution >= 0.6 is 11.3 Å². The van der Waals surface area contributed by atoms with Crippen LogP contribution in [-0.4, -0.2) is 22.7 Å². The standard InChI is InChI=1S/C17H20N4OS/c1-11(15-8-12-6-4-5-7-14(12)23-15)20-17(22)16(18-2)13-9-19-21(3)10-13/h4-11,16,18H,1-3H3,(H,20,22). The van der Waals surface area contributed by atoms with Gasteiger partial charge in [0.1, 0.15) is 6.04 Å². The molecule has 5 nitrogen and oxygen atoms in total. The van der Waals surface area contributed by atoms with Crippen LogP contribution in [0.15, 0.2) is 42.7 Å². The summed E-state index contributed by atoms with van der Waals surface area (Å²) < 4.78 is 2.93. The topological polar surface area (TPSA) is 59.0 Å². The van der Waals surface area contributed by atoms with Crippen molar-refractivity contribution in [1.82, 2.24) is 20.4 Å². The van der Waals surface area contributed by atoms with Crippen LogP contribution in [-0.2, 0) is 11.8 Å². The zero-order valence-electron chi connectivity index (χ0n) is 13.4. The summed E-state index contributed by atoms with van der Waals surface area (Å²) in [4.78, 5) is 13.7. The number of carbonyl (C=O) groups is 1. The summed E-state index contributed by atoms with van der Waals surface area (Å²) in [5.41, 5.74) is 0.857. The number of likely N-dealkylation sites (N-methyl/N-ethyl adjacent to an activating group) is 1.